The van der Waals surface area contributed by atoms with Gasteiger partial charge in [0, 0.05) is 0 Å². The number of primary amides is 1. The van der Waals surface area contributed by atoms with Crippen LogP contribution in [0.5, 0.6) is 0 Å². The lowest BCUT2D eigenvalue weighted by molar-refractivity contribution is -0.122. The summed E-state index contributed by atoms with van der Waals surface area (Å²) in [6.07, 6.45) is 0. The summed E-state index contributed by atoms with van der Waals surface area (Å²) < 4.78 is 0. The van der Waals surface area contributed by atoms with Crippen LogP contribution < -0.4 is 5.73 Å². The van der Waals surface area contributed by atoms with Gasteiger partial charge in [0.25, 0.3) is 0 Å². The molecule has 0 saturated heterocycles. The molecule has 0 aliphatic rings. The molecule has 4 heteroatoms. The highest BCUT2D eigenvalue weighted by Gasteiger charge is 2.15. The zero-order chi connectivity index (χ0) is 8.85. The lowest BCUT2D eigenvalue weighted by Crippen LogP contribution is -2.42. The van der Waals surface area contributed by atoms with Crippen LogP contribution in [-0.2, 0) is 4.79 Å². The van der Waals surface area contributed by atoms with Crippen molar-refractivity contribution in [3.05, 3.63) is 0 Å². The average Bonchev–Trinajstić information content (AvgIpc) is 1.98. The minimum atomic E-state index is -0.387. The molecule has 62 valence electrons. The van der Waals surface area contributed by atoms with Crippen LogP contribution in [0.25, 0.3) is 0 Å². The molecule has 0 rings (SSSR count). The maximum Gasteiger partial charge on any atom is 0.234 e. The lowest BCUT2D eigenvalue weighted by atomic mass is 10.2. The topological polar surface area (TPSA) is 70.1 Å². The van der Waals surface area contributed by atoms with E-state index >= 15 is 0 Å². The molecule has 0 aromatic carbocycles. The van der Waals surface area contributed by atoms with Crippen LogP contribution >= 0.6 is 0 Å². The second-order valence-electron chi connectivity index (χ2n) is 2.30. The Bertz CT molecular complexity index is 173. The van der Waals surface area contributed by atoms with Crippen molar-refractivity contribution >= 4 is 5.91 Å². The summed E-state index contributed by atoms with van der Waals surface area (Å²) in [7, 11) is 0. The smallest absolute Gasteiger partial charge is 0.234 e. The van der Waals surface area contributed by atoms with Gasteiger partial charge in [0.1, 0.15) is 0 Å². The predicted molar refractivity (Wildman–Crippen MR) is 41.5 cm³/mol. The molecule has 0 fully saturated rings. The molecule has 0 saturated carbocycles. The first kappa shape index (κ1) is 9.92. The van der Waals surface area contributed by atoms with Gasteiger partial charge in [-0.15, -0.1) is 0 Å². The third-order valence-corrected chi connectivity index (χ3v) is 1.64. The number of hydrogen-bond acceptors (Lipinski definition) is 3. The highest BCUT2D eigenvalue weighted by molar-refractivity contribution is 5.79. The number of amides is 1. The van der Waals surface area contributed by atoms with E-state index in [0.717, 1.165) is 0 Å². The van der Waals surface area contributed by atoms with E-state index in [1.165, 1.54) is 0 Å². The molecule has 0 radical (unpaired) electrons. The first-order valence-electron chi connectivity index (χ1n) is 3.53. The van der Waals surface area contributed by atoms with Gasteiger partial charge in [-0.3, -0.25) is 9.69 Å². The van der Waals surface area contributed by atoms with E-state index in [1.807, 2.05) is 13.0 Å². The fraction of sp³-hybridized carbons (Fsp3) is 0.714. The van der Waals surface area contributed by atoms with Crippen molar-refractivity contribution in [1.82, 2.24) is 4.90 Å². The molecule has 0 heterocycles. The summed E-state index contributed by atoms with van der Waals surface area (Å²) in [5, 5.41) is 8.35. The molecule has 0 bridgehead atoms. The van der Waals surface area contributed by atoms with Crippen LogP contribution in [0.3, 0.4) is 0 Å². The molecule has 1 unspecified atom stereocenters. The number of carbonyl (C=O) groups excluding carboxylic acids is 1. The van der Waals surface area contributed by atoms with Crippen molar-refractivity contribution in [1.29, 1.82) is 5.26 Å². The highest BCUT2D eigenvalue weighted by Crippen LogP contribution is 1.95. The van der Waals surface area contributed by atoms with Crippen molar-refractivity contribution in [2.24, 2.45) is 5.73 Å². The van der Waals surface area contributed by atoms with Crippen molar-refractivity contribution in [3.8, 4) is 6.07 Å². The van der Waals surface area contributed by atoms with E-state index in [1.54, 1.807) is 11.8 Å². The predicted octanol–water partition coefficient (Wildman–Crippen LogP) is -0.294. The number of likely N-dealkylation sites (N-methyl/N-ethyl adjacent to an activating group) is 1. The number of nitrogens with two attached hydrogens (primary N) is 1. The van der Waals surface area contributed by atoms with Crippen LogP contribution in [0, 0.1) is 11.3 Å². The van der Waals surface area contributed by atoms with Gasteiger partial charge in [-0.2, -0.15) is 5.26 Å². The normalized spacial score (nSPS) is 12.5. The Morgan fingerprint density at radius 1 is 1.82 bits per heavy atom. The Hall–Kier alpha value is -1.08. The van der Waals surface area contributed by atoms with Crippen molar-refractivity contribution in [2.45, 2.75) is 19.9 Å². The maximum atomic E-state index is 10.6. The van der Waals surface area contributed by atoms with Gasteiger partial charge in [0.2, 0.25) is 5.91 Å². The Morgan fingerprint density at radius 2 is 2.36 bits per heavy atom. The first-order valence-corrected chi connectivity index (χ1v) is 3.53. The summed E-state index contributed by atoms with van der Waals surface area (Å²) in [6.45, 7) is 4.50. The molecule has 0 aromatic heterocycles. The molecule has 0 aliphatic carbocycles. The van der Waals surface area contributed by atoms with Crippen LogP contribution in [0.1, 0.15) is 13.8 Å². The maximum absolute atomic E-state index is 10.6. The largest absolute Gasteiger partial charge is 0.368 e. The van der Waals surface area contributed by atoms with Gasteiger partial charge in [-0.25, -0.2) is 0 Å². The first-order chi connectivity index (χ1) is 5.13. The van der Waals surface area contributed by atoms with Gasteiger partial charge in [-0.1, -0.05) is 6.92 Å². The van der Waals surface area contributed by atoms with Crippen molar-refractivity contribution in [3.63, 3.8) is 0 Å². The monoisotopic (exact) mass is 155 g/mol. The number of hydrogen-bond donors (Lipinski definition) is 1. The molecule has 1 atom stereocenters. The van der Waals surface area contributed by atoms with Gasteiger partial charge < -0.3 is 5.73 Å². The summed E-state index contributed by atoms with van der Waals surface area (Å²) in [6, 6.07) is 1.63. The van der Waals surface area contributed by atoms with E-state index in [2.05, 4.69) is 0 Å². The van der Waals surface area contributed by atoms with E-state index < -0.39 is 0 Å². The molecule has 1 amide bonds. The molecule has 11 heavy (non-hydrogen) atoms. The van der Waals surface area contributed by atoms with Crippen LogP contribution in [-0.4, -0.2) is 29.9 Å². The number of rotatable bonds is 4. The summed E-state index contributed by atoms with van der Waals surface area (Å²) in [5.74, 6) is -0.387. The Kier molecular flexibility index (Phi) is 4.23. The Labute approximate surface area is 66.6 Å². The summed E-state index contributed by atoms with van der Waals surface area (Å²) in [5.41, 5.74) is 5.05. The second kappa shape index (κ2) is 4.69. The third-order valence-electron chi connectivity index (χ3n) is 1.64. The van der Waals surface area contributed by atoms with Crippen LogP contribution in [0.4, 0.5) is 0 Å². The molecule has 0 aliphatic heterocycles. The Morgan fingerprint density at radius 3 is 2.64 bits per heavy atom. The van der Waals surface area contributed by atoms with E-state index in [-0.39, 0.29) is 18.5 Å². The zero-order valence-corrected chi connectivity index (χ0v) is 6.87. The average molecular weight is 155 g/mol. The van der Waals surface area contributed by atoms with Crippen LogP contribution in [0.15, 0.2) is 0 Å². The molecule has 0 aromatic rings. The van der Waals surface area contributed by atoms with Gasteiger partial charge in [0.05, 0.1) is 18.7 Å². The summed E-state index contributed by atoms with van der Waals surface area (Å²) >= 11 is 0. The highest BCUT2D eigenvalue weighted by atomic mass is 16.1. The van der Waals surface area contributed by atoms with Crippen molar-refractivity contribution < 1.29 is 4.79 Å². The minimum absolute atomic E-state index is 0.251. The summed E-state index contributed by atoms with van der Waals surface area (Å²) in [4.78, 5) is 12.4. The molecular formula is C7H13N3O. The number of carbonyl (C=O) groups is 1. The van der Waals surface area contributed by atoms with E-state index in [4.69, 9.17) is 11.0 Å². The second-order valence-corrected chi connectivity index (χ2v) is 2.30. The molecular weight excluding hydrogens is 142 g/mol. The van der Waals surface area contributed by atoms with Gasteiger partial charge in [-0.05, 0) is 13.5 Å². The van der Waals surface area contributed by atoms with E-state index in [9.17, 15) is 4.79 Å². The lowest BCUT2D eigenvalue weighted by Gasteiger charge is -2.21. The van der Waals surface area contributed by atoms with Gasteiger partial charge >= 0.3 is 0 Å². The third kappa shape index (κ3) is 3.01. The SMILES string of the molecule is CCN(CC#N)C(C)C(N)=O. The van der Waals surface area contributed by atoms with Crippen LogP contribution in [0.2, 0.25) is 0 Å². The van der Waals surface area contributed by atoms with E-state index in [0.29, 0.717) is 6.54 Å². The quantitative estimate of drug-likeness (QED) is 0.567. The number of nitrogens with zero attached hydrogens (tertiary/aromatic N) is 2. The van der Waals surface area contributed by atoms with Gasteiger partial charge in [0.15, 0.2) is 0 Å². The molecule has 0 spiro atoms. The van der Waals surface area contributed by atoms with Crippen molar-refractivity contribution in [2.75, 3.05) is 13.1 Å². The fourth-order valence-corrected chi connectivity index (χ4v) is 0.793. The molecule has 4 nitrogen and oxygen atoms in total. The number of nitriles is 1. The fourth-order valence-electron chi connectivity index (χ4n) is 0.793. The Balaban J connectivity index is 4.04. The zero-order valence-electron chi connectivity index (χ0n) is 6.87. The molecule has 2 N–H and O–H groups in total. The minimum Gasteiger partial charge on any atom is -0.368 e. The standard InChI is InChI=1S/C7H13N3O/c1-3-10(5-4-8)6(2)7(9)11/h6H,3,5H2,1-2H3,(H2,9,11).